The van der Waals surface area contributed by atoms with Crippen LogP contribution in [0.15, 0.2) is 73.1 Å². The largest absolute Gasteiger partial charge is 0.361 e. The fraction of sp³-hybridized carbons (Fsp3) is 0.192. The molecule has 2 unspecified atom stereocenters. The second-order valence-corrected chi connectivity index (χ2v) is 9.54. The number of rotatable bonds is 5. The van der Waals surface area contributed by atoms with E-state index < -0.39 is 0 Å². The first-order chi connectivity index (χ1) is 15.7. The lowest BCUT2D eigenvalue weighted by Crippen LogP contribution is -2.23. The third kappa shape index (κ3) is 3.56. The molecular formula is C26H25N5S. The summed E-state index contributed by atoms with van der Waals surface area (Å²) in [6.07, 6.45) is 4.98. The molecule has 6 heteroatoms. The molecule has 1 saturated heterocycles. The lowest BCUT2D eigenvalue weighted by molar-refractivity contribution is 0.470. The Labute approximate surface area is 190 Å². The highest BCUT2D eigenvalue weighted by atomic mass is 32.1. The molecule has 5 N–H and O–H groups in total. The van der Waals surface area contributed by atoms with E-state index in [0.29, 0.717) is 5.92 Å². The summed E-state index contributed by atoms with van der Waals surface area (Å²) >= 11 is 1.77. The number of nitrogens with two attached hydrogens (primary N) is 1. The number of anilines is 2. The maximum absolute atomic E-state index is 6.51. The Bertz CT molecular complexity index is 1380. The summed E-state index contributed by atoms with van der Waals surface area (Å²) in [6.45, 7) is 2.08. The molecule has 0 aliphatic carbocycles. The van der Waals surface area contributed by atoms with E-state index in [1.54, 1.807) is 11.3 Å². The van der Waals surface area contributed by atoms with Gasteiger partial charge in [-0.3, -0.25) is 4.98 Å². The van der Waals surface area contributed by atoms with Crippen LogP contribution >= 0.6 is 11.3 Å². The Kier molecular flexibility index (Phi) is 4.91. The summed E-state index contributed by atoms with van der Waals surface area (Å²) in [5, 5.41) is 8.19. The standard InChI is InChI=1S/C26H25N5S/c27-25(19-7-10-28-15-19)17-3-1-16(2-4-17)24-14-23-26(32-24)22(9-12-30-23)31-20-5-6-21-18(13-20)8-11-29-21/h1-6,8-9,11-14,19,25,28-29H,7,10,15,27H2,(H,30,31). The van der Waals surface area contributed by atoms with Gasteiger partial charge in [0, 0.05) is 39.9 Å². The molecule has 1 aliphatic heterocycles. The van der Waals surface area contributed by atoms with Crippen LogP contribution in [0, 0.1) is 5.92 Å². The number of nitrogens with one attached hydrogen (secondary N) is 3. The number of aromatic amines is 1. The molecule has 1 aliphatic rings. The van der Waals surface area contributed by atoms with Crippen molar-refractivity contribution in [2.75, 3.05) is 18.4 Å². The number of nitrogens with zero attached hydrogens (tertiary/aromatic N) is 1. The summed E-state index contributed by atoms with van der Waals surface area (Å²) in [7, 11) is 0. The van der Waals surface area contributed by atoms with Crippen molar-refractivity contribution in [2.45, 2.75) is 12.5 Å². The van der Waals surface area contributed by atoms with Crippen LogP contribution in [-0.4, -0.2) is 23.1 Å². The van der Waals surface area contributed by atoms with E-state index in [1.165, 1.54) is 21.4 Å². The number of hydrogen-bond acceptors (Lipinski definition) is 5. The van der Waals surface area contributed by atoms with Crippen LogP contribution in [0.2, 0.25) is 0 Å². The van der Waals surface area contributed by atoms with Crippen LogP contribution < -0.4 is 16.4 Å². The van der Waals surface area contributed by atoms with E-state index in [2.05, 4.69) is 75.2 Å². The van der Waals surface area contributed by atoms with Crippen molar-refractivity contribution in [3.8, 4) is 10.4 Å². The van der Waals surface area contributed by atoms with Crippen LogP contribution in [-0.2, 0) is 0 Å². The van der Waals surface area contributed by atoms with Crippen LogP contribution in [0.3, 0.4) is 0 Å². The fourth-order valence-electron chi connectivity index (χ4n) is 4.59. The SMILES string of the molecule is NC(c1ccc(-c2cc3nccc(Nc4ccc5[nH]ccc5c4)c3s2)cc1)C1CCNC1. The van der Waals surface area contributed by atoms with E-state index in [0.717, 1.165) is 46.6 Å². The number of benzene rings is 2. The van der Waals surface area contributed by atoms with Crippen molar-refractivity contribution >= 4 is 43.8 Å². The first kappa shape index (κ1) is 19.5. The van der Waals surface area contributed by atoms with Gasteiger partial charge in [0.05, 0.1) is 15.9 Å². The van der Waals surface area contributed by atoms with Crippen LogP contribution in [0.1, 0.15) is 18.0 Å². The third-order valence-corrected chi connectivity index (χ3v) is 7.64. The molecular weight excluding hydrogens is 414 g/mol. The van der Waals surface area contributed by atoms with Gasteiger partial charge in [0.15, 0.2) is 0 Å². The van der Waals surface area contributed by atoms with Gasteiger partial charge in [-0.05, 0) is 73.0 Å². The molecule has 1 fully saturated rings. The Hall–Kier alpha value is -3.19. The monoisotopic (exact) mass is 439 g/mol. The maximum atomic E-state index is 6.51. The van der Waals surface area contributed by atoms with Crippen molar-refractivity contribution in [3.63, 3.8) is 0 Å². The number of pyridine rings is 1. The summed E-state index contributed by atoms with van der Waals surface area (Å²) in [6, 6.07) is 21.5. The topological polar surface area (TPSA) is 78.8 Å². The average molecular weight is 440 g/mol. The van der Waals surface area contributed by atoms with Crippen molar-refractivity contribution in [3.05, 3.63) is 78.6 Å². The van der Waals surface area contributed by atoms with Gasteiger partial charge in [-0.25, -0.2) is 0 Å². The molecule has 5 nitrogen and oxygen atoms in total. The van der Waals surface area contributed by atoms with Crippen molar-refractivity contribution in [1.29, 1.82) is 0 Å². The van der Waals surface area contributed by atoms with Crippen LogP contribution in [0.5, 0.6) is 0 Å². The lowest BCUT2D eigenvalue weighted by atomic mass is 9.92. The van der Waals surface area contributed by atoms with E-state index in [9.17, 15) is 0 Å². The molecule has 0 amide bonds. The number of thiophene rings is 1. The predicted molar refractivity (Wildman–Crippen MR) is 135 cm³/mol. The minimum Gasteiger partial charge on any atom is -0.361 e. The fourth-order valence-corrected chi connectivity index (χ4v) is 5.68. The molecule has 2 aromatic carbocycles. The number of fused-ring (bicyclic) bond motifs is 2. The van der Waals surface area contributed by atoms with Gasteiger partial charge in [-0.15, -0.1) is 11.3 Å². The molecule has 0 radical (unpaired) electrons. The van der Waals surface area contributed by atoms with Crippen LogP contribution in [0.25, 0.3) is 31.6 Å². The van der Waals surface area contributed by atoms with E-state index in [1.807, 2.05) is 18.5 Å². The molecule has 3 aromatic heterocycles. The molecule has 2 atom stereocenters. The Balaban J connectivity index is 1.29. The van der Waals surface area contributed by atoms with E-state index in [-0.39, 0.29) is 6.04 Å². The van der Waals surface area contributed by atoms with Crippen LogP contribution in [0.4, 0.5) is 11.4 Å². The first-order valence-corrected chi connectivity index (χ1v) is 11.9. The highest BCUT2D eigenvalue weighted by molar-refractivity contribution is 7.22. The van der Waals surface area contributed by atoms with Gasteiger partial charge in [-0.1, -0.05) is 24.3 Å². The molecule has 0 saturated carbocycles. The van der Waals surface area contributed by atoms with E-state index >= 15 is 0 Å². The smallest absolute Gasteiger partial charge is 0.0837 e. The number of hydrogen-bond donors (Lipinski definition) is 4. The van der Waals surface area contributed by atoms with E-state index in [4.69, 9.17) is 5.73 Å². The Morgan fingerprint density at radius 1 is 1.06 bits per heavy atom. The summed E-state index contributed by atoms with van der Waals surface area (Å²) in [4.78, 5) is 9.06. The van der Waals surface area contributed by atoms with Gasteiger partial charge < -0.3 is 21.4 Å². The molecule has 0 bridgehead atoms. The quantitative estimate of drug-likeness (QED) is 0.279. The minimum absolute atomic E-state index is 0.0938. The zero-order valence-corrected chi connectivity index (χ0v) is 18.5. The van der Waals surface area contributed by atoms with Gasteiger partial charge in [0.1, 0.15) is 0 Å². The summed E-state index contributed by atoms with van der Waals surface area (Å²) in [5.41, 5.74) is 13.2. The highest BCUT2D eigenvalue weighted by Gasteiger charge is 2.23. The first-order valence-electron chi connectivity index (χ1n) is 11.0. The summed E-state index contributed by atoms with van der Waals surface area (Å²) < 4.78 is 1.16. The maximum Gasteiger partial charge on any atom is 0.0837 e. The zero-order chi connectivity index (χ0) is 21.5. The Morgan fingerprint density at radius 3 is 2.81 bits per heavy atom. The van der Waals surface area contributed by atoms with Gasteiger partial charge in [0.25, 0.3) is 0 Å². The third-order valence-electron chi connectivity index (χ3n) is 6.43. The normalized spacial score (nSPS) is 17.2. The lowest BCUT2D eigenvalue weighted by Gasteiger charge is -2.18. The van der Waals surface area contributed by atoms with Gasteiger partial charge in [-0.2, -0.15) is 0 Å². The molecule has 0 spiro atoms. The van der Waals surface area contributed by atoms with Crippen molar-refractivity contribution in [1.82, 2.24) is 15.3 Å². The predicted octanol–water partition coefficient (Wildman–Crippen LogP) is 5.80. The second-order valence-electron chi connectivity index (χ2n) is 8.49. The molecule has 6 rings (SSSR count). The highest BCUT2D eigenvalue weighted by Crippen LogP contribution is 2.38. The molecule has 4 heterocycles. The Morgan fingerprint density at radius 2 is 1.97 bits per heavy atom. The van der Waals surface area contributed by atoms with Crippen molar-refractivity contribution in [2.24, 2.45) is 11.7 Å². The van der Waals surface area contributed by atoms with Gasteiger partial charge >= 0.3 is 0 Å². The molecule has 5 aromatic rings. The minimum atomic E-state index is 0.0938. The number of aromatic nitrogens is 2. The van der Waals surface area contributed by atoms with Gasteiger partial charge in [0.2, 0.25) is 0 Å². The second kappa shape index (κ2) is 8.06. The average Bonchev–Trinajstić information content (AvgIpc) is 3.59. The van der Waals surface area contributed by atoms with Crippen molar-refractivity contribution < 1.29 is 0 Å². The molecule has 160 valence electrons. The number of H-pyrrole nitrogens is 1. The molecule has 32 heavy (non-hydrogen) atoms. The summed E-state index contributed by atoms with van der Waals surface area (Å²) in [5.74, 6) is 0.522. The zero-order valence-electron chi connectivity index (χ0n) is 17.6.